The van der Waals surface area contributed by atoms with Crippen LogP contribution in [0.25, 0.3) is 10.4 Å². The second-order valence-electron chi connectivity index (χ2n) is 5.23. The molecule has 4 nitrogen and oxygen atoms in total. The van der Waals surface area contributed by atoms with Crippen molar-refractivity contribution >= 4 is 22.4 Å². The maximum Gasteiger partial charge on any atom is 0.264 e. The number of carbonyl (C=O) groups is 1. The zero-order valence-corrected chi connectivity index (χ0v) is 14.2. The van der Waals surface area contributed by atoms with E-state index in [1.807, 2.05) is 54.6 Å². The van der Waals surface area contributed by atoms with E-state index < -0.39 is 0 Å². The predicted molar refractivity (Wildman–Crippen MR) is 97.5 cm³/mol. The first-order valence-corrected chi connectivity index (χ1v) is 8.59. The van der Waals surface area contributed by atoms with Crippen molar-refractivity contribution in [3.63, 3.8) is 0 Å². The Morgan fingerprint density at radius 1 is 1.17 bits per heavy atom. The molecule has 0 aliphatic rings. The first-order chi connectivity index (χ1) is 11.7. The van der Waals surface area contributed by atoms with Gasteiger partial charge in [0.15, 0.2) is 11.7 Å². The van der Waals surface area contributed by atoms with Crippen LogP contribution < -0.4 is 10.1 Å². The quantitative estimate of drug-likeness (QED) is 0.725. The van der Waals surface area contributed by atoms with Gasteiger partial charge < -0.3 is 4.74 Å². The number of nitrogens with one attached hydrogen (secondary N) is 1. The number of aryl methyl sites for hydroxylation is 1. The molecule has 1 amide bonds. The van der Waals surface area contributed by atoms with E-state index in [0.717, 1.165) is 16.9 Å². The third kappa shape index (κ3) is 4.20. The van der Waals surface area contributed by atoms with Crippen LogP contribution in [-0.4, -0.2) is 17.5 Å². The standard InChI is InChI=1S/C19H18N2O2S/c1-2-14-7-6-10-16(11-14)23-13-18(22)21-19-20-12-17(24-19)15-8-4-3-5-9-15/h3-12H,2,13H2,1H3,(H,20,21,22). The number of hydrogen-bond acceptors (Lipinski definition) is 4. The number of hydrogen-bond donors (Lipinski definition) is 1. The van der Waals surface area contributed by atoms with Crippen molar-refractivity contribution < 1.29 is 9.53 Å². The number of thiazole rings is 1. The Labute approximate surface area is 145 Å². The second-order valence-corrected chi connectivity index (χ2v) is 6.26. The molecule has 0 unspecified atom stereocenters. The van der Waals surface area contributed by atoms with Crippen molar-refractivity contribution in [1.29, 1.82) is 0 Å². The lowest BCUT2D eigenvalue weighted by Gasteiger charge is -2.07. The molecular formula is C19H18N2O2S. The Bertz CT molecular complexity index is 815. The molecule has 122 valence electrons. The van der Waals surface area contributed by atoms with E-state index in [0.29, 0.717) is 10.9 Å². The van der Waals surface area contributed by atoms with Gasteiger partial charge in [0, 0.05) is 6.20 Å². The molecule has 5 heteroatoms. The molecule has 1 aromatic heterocycles. The molecule has 2 aromatic carbocycles. The molecule has 1 heterocycles. The van der Waals surface area contributed by atoms with E-state index in [1.54, 1.807) is 6.20 Å². The summed E-state index contributed by atoms with van der Waals surface area (Å²) in [6.45, 7) is 2.05. The minimum atomic E-state index is -0.217. The summed E-state index contributed by atoms with van der Waals surface area (Å²) in [5.41, 5.74) is 2.27. The fourth-order valence-electron chi connectivity index (χ4n) is 2.23. The molecule has 3 aromatic rings. The highest BCUT2D eigenvalue weighted by Crippen LogP contribution is 2.28. The van der Waals surface area contributed by atoms with Crippen LogP contribution in [0.15, 0.2) is 60.8 Å². The normalized spacial score (nSPS) is 10.4. The van der Waals surface area contributed by atoms with Gasteiger partial charge in [-0.05, 0) is 29.7 Å². The average Bonchev–Trinajstić information content (AvgIpc) is 3.09. The third-order valence-electron chi connectivity index (χ3n) is 3.49. The van der Waals surface area contributed by atoms with Gasteiger partial charge in [-0.25, -0.2) is 4.98 Å². The van der Waals surface area contributed by atoms with E-state index >= 15 is 0 Å². The van der Waals surface area contributed by atoms with Gasteiger partial charge in [-0.3, -0.25) is 10.1 Å². The summed E-state index contributed by atoms with van der Waals surface area (Å²) in [6.07, 6.45) is 2.70. The van der Waals surface area contributed by atoms with Crippen LogP contribution in [0.3, 0.4) is 0 Å². The number of rotatable bonds is 6. The highest BCUT2D eigenvalue weighted by atomic mass is 32.1. The maximum absolute atomic E-state index is 12.0. The van der Waals surface area contributed by atoms with Crippen LogP contribution in [0.4, 0.5) is 5.13 Å². The number of aromatic nitrogens is 1. The summed E-state index contributed by atoms with van der Waals surface area (Å²) in [4.78, 5) is 17.3. The van der Waals surface area contributed by atoms with E-state index in [9.17, 15) is 4.79 Å². The highest BCUT2D eigenvalue weighted by Gasteiger charge is 2.08. The zero-order valence-electron chi connectivity index (χ0n) is 13.4. The lowest BCUT2D eigenvalue weighted by molar-refractivity contribution is -0.118. The van der Waals surface area contributed by atoms with Crippen molar-refractivity contribution in [3.05, 3.63) is 66.4 Å². The Kier molecular flexibility index (Phi) is 5.23. The number of benzene rings is 2. The summed E-state index contributed by atoms with van der Waals surface area (Å²) in [7, 11) is 0. The first-order valence-electron chi connectivity index (χ1n) is 7.77. The lowest BCUT2D eigenvalue weighted by atomic mass is 10.2. The Balaban J connectivity index is 1.56. The first kappa shape index (κ1) is 16.2. The molecule has 0 aliphatic heterocycles. The summed E-state index contributed by atoms with van der Waals surface area (Å²) in [5, 5.41) is 3.35. The minimum Gasteiger partial charge on any atom is -0.484 e. The topological polar surface area (TPSA) is 51.2 Å². The predicted octanol–water partition coefficient (Wildman–Crippen LogP) is 4.39. The molecule has 0 spiro atoms. The molecular weight excluding hydrogens is 320 g/mol. The Morgan fingerprint density at radius 3 is 2.79 bits per heavy atom. The van der Waals surface area contributed by atoms with Gasteiger partial charge in [0.2, 0.25) is 0 Å². The van der Waals surface area contributed by atoms with Gasteiger partial charge in [-0.2, -0.15) is 0 Å². The fraction of sp³-hybridized carbons (Fsp3) is 0.158. The number of nitrogens with zero attached hydrogens (tertiary/aromatic N) is 1. The van der Waals surface area contributed by atoms with Crippen molar-refractivity contribution in [3.8, 4) is 16.2 Å². The molecule has 0 atom stereocenters. The van der Waals surface area contributed by atoms with Gasteiger partial charge in [0.25, 0.3) is 5.91 Å². The van der Waals surface area contributed by atoms with Gasteiger partial charge >= 0.3 is 0 Å². The number of ether oxygens (including phenoxy) is 1. The SMILES string of the molecule is CCc1cccc(OCC(=O)Nc2ncc(-c3ccccc3)s2)c1. The van der Waals surface area contributed by atoms with E-state index in [-0.39, 0.29) is 12.5 Å². The maximum atomic E-state index is 12.0. The van der Waals surface area contributed by atoms with E-state index in [1.165, 1.54) is 16.9 Å². The van der Waals surface area contributed by atoms with Gasteiger partial charge in [-0.1, -0.05) is 60.7 Å². The number of carbonyl (C=O) groups excluding carboxylic acids is 1. The van der Waals surface area contributed by atoms with Crippen LogP contribution in [0.2, 0.25) is 0 Å². The van der Waals surface area contributed by atoms with Crippen molar-refractivity contribution in [1.82, 2.24) is 4.98 Å². The molecule has 24 heavy (non-hydrogen) atoms. The molecule has 0 aliphatic carbocycles. The number of amides is 1. The Morgan fingerprint density at radius 2 is 2.00 bits per heavy atom. The smallest absolute Gasteiger partial charge is 0.264 e. The van der Waals surface area contributed by atoms with Crippen LogP contribution in [-0.2, 0) is 11.2 Å². The molecule has 0 saturated heterocycles. The van der Waals surface area contributed by atoms with Gasteiger partial charge in [-0.15, -0.1) is 0 Å². The minimum absolute atomic E-state index is 0.0343. The van der Waals surface area contributed by atoms with Crippen molar-refractivity contribution in [2.75, 3.05) is 11.9 Å². The Hall–Kier alpha value is -2.66. The molecule has 0 radical (unpaired) electrons. The van der Waals surface area contributed by atoms with Crippen LogP contribution in [0.5, 0.6) is 5.75 Å². The molecule has 0 bridgehead atoms. The van der Waals surface area contributed by atoms with Crippen molar-refractivity contribution in [2.45, 2.75) is 13.3 Å². The molecule has 0 saturated carbocycles. The van der Waals surface area contributed by atoms with E-state index in [2.05, 4.69) is 17.2 Å². The van der Waals surface area contributed by atoms with Crippen molar-refractivity contribution in [2.24, 2.45) is 0 Å². The highest BCUT2D eigenvalue weighted by molar-refractivity contribution is 7.19. The summed E-state index contributed by atoms with van der Waals surface area (Å²) in [6, 6.07) is 17.7. The molecule has 0 fully saturated rings. The second kappa shape index (κ2) is 7.75. The van der Waals surface area contributed by atoms with Gasteiger partial charge in [0.05, 0.1) is 4.88 Å². The monoisotopic (exact) mass is 338 g/mol. The third-order valence-corrected chi connectivity index (χ3v) is 4.45. The van der Waals surface area contributed by atoms with Crippen LogP contribution in [0.1, 0.15) is 12.5 Å². The van der Waals surface area contributed by atoms with Crippen LogP contribution >= 0.6 is 11.3 Å². The number of anilines is 1. The largest absolute Gasteiger partial charge is 0.484 e. The fourth-order valence-corrected chi connectivity index (χ4v) is 3.07. The average molecular weight is 338 g/mol. The van der Waals surface area contributed by atoms with Crippen LogP contribution in [0, 0.1) is 0 Å². The van der Waals surface area contributed by atoms with Gasteiger partial charge in [0.1, 0.15) is 5.75 Å². The molecule has 1 N–H and O–H groups in total. The lowest BCUT2D eigenvalue weighted by Crippen LogP contribution is -2.20. The summed E-state index contributed by atoms with van der Waals surface area (Å²) >= 11 is 1.44. The summed E-state index contributed by atoms with van der Waals surface area (Å²) in [5.74, 6) is 0.486. The zero-order chi connectivity index (χ0) is 16.8. The van der Waals surface area contributed by atoms with E-state index in [4.69, 9.17) is 4.74 Å². The molecule has 3 rings (SSSR count). The summed E-state index contributed by atoms with van der Waals surface area (Å²) < 4.78 is 5.54.